The van der Waals surface area contributed by atoms with E-state index >= 15 is 0 Å². The summed E-state index contributed by atoms with van der Waals surface area (Å²) in [5, 5.41) is 4.06. The molecule has 0 atom stereocenters. The lowest BCUT2D eigenvalue weighted by atomic mass is 10.1. The summed E-state index contributed by atoms with van der Waals surface area (Å²) in [6.07, 6.45) is 1.41. The van der Waals surface area contributed by atoms with Crippen LogP contribution in [0.25, 0.3) is 6.08 Å². The molecule has 1 aliphatic rings. The molecule has 6 nitrogen and oxygen atoms in total. The molecular weight excluding hydrogens is 468 g/mol. The minimum absolute atomic E-state index is 0.128. The fourth-order valence-electron chi connectivity index (χ4n) is 2.23. The molecule has 0 aliphatic carbocycles. The van der Waals surface area contributed by atoms with E-state index < -0.39 is 17.8 Å². The maximum Gasteiger partial charge on any atom is 0.328 e. The van der Waals surface area contributed by atoms with E-state index in [1.807, 2.05) is 28.8 Å². The molecule has 3 rings (SSSR count). The molecule has 8 heteroatoms. The number of amides is 4. The molecule has 2 N–H and O–H groups in total. The number of hydrogen-bond acceptors (Lipinski definition) is 4. The molecule has 2 aromatic rings. The lowest BCUT2D eigenvalue weighted by Gasteiger charge is -2.14. The number of urea groups is 1. The molecule has 0 aromatic heterocycles. The SMILES string of the molecule is O=C1NC(=O)C(=Cc2ccc(OCc3ccc(Br)cc3Br)cc2)C(=O)N1. The molecule has 2 aromatic carbocycles. The third kappa shape index (κ3) is 4.39. The number of carbonyl (C=O) groups excluding carboxylic acids is 3. The maximum absolute atomic E-state index is 11.7. The van der Waals surface area contributed by atoms with E-state index in [4.69, 9.17) is 4.74 Å². The van der Waals surface area contributed by atoms with E-state index in [-0.39, 0.29) is 5.57 Å². The van der Waals surface area contributed by atoms with Crippen LogP contribution in [-0.4, -0.2) is 17.8 Å². The molecule has 26 heavy (non-hydrogen) atoms. The first kappa shape index (κ1) is 18.3. The second kappa shape index (κ2) is 7.84. The molecule has 0 spiro atoms. The number of halogens is 2. The molecule has 1 aliphatic heterocycles. The molecular formula is C18H12Br2N2O4. The van der Waals surface area contributed by atoms with E-state index in [1.54, 1.807) is 24.3 Å². The second-order valence-electron chi connectivity index (χ2n) is 5.39. The van der Waals surface area contributed by atoms with Gasteiger partial charge in [-0.1, -0.05) is 50.1 Å². The van der Waals surface area contributed by atoms with Crippen LogP contribution in [0.4, 0.5) is 4.79 Å². The van der Waals surface area contributed by atoms with Crippen LogP contribution in [0, 0.1) is 0 Å². The van der Waals surface area contributed by atoms with Gasteiger partial charge in [0.15, 0.2) is 0 Å². The van der Waals surface area contributed by atoms with Gasteiger partial charge in [-0.3, -0.25) is 20.2 Å². The van der Waals surface area contributed by atoms with E-state index in [2.05, 4.69) is 31.9 Å². The minimum atomic E-state index is -0.819. The smallest absolute Gasteiger partial charge is 0.328 e. The van der Waals surface area contributed by atoms with Crippen molar-refractivity contribution in [3.63, 3.8) is 0 Å². The molecule has 0 saturated carbocycles. The Morgan fingerprint density at radius 2 is 1.58 bits per heavy atom. The van der Waals surface area contributed by atoms with Crippen molar-refractivity contribution in [2.75, 3.05) is 0 Å². The van der Waals surface area contributed by atoms with Gasteiger partial charge in [0.05, 0.1) is 0 Å². The van der Waals surface area contributed by atoms with Crippen molar-refractivity contribution in [3.05, 3.63) is 68.1 Å². The Kier molecular flexibility index (Phi) is 5.53. The van der Waals surface area contributed by atoms with Crippen molar-refractivity contribution in [2.24, 2.45) is 0 Å². The maximum atomic E-state index is 11.7. The number of barbiturate groups is 1. The summed E-state index contributed by atoms with van der Waals surface area (Å²) in [5.41, 5.74) is 1.51. The lowest BCUT2D eigenvalue weighted by Crippen LogP contribution is -2.51. The van der Waals surface area contributed by atoms with Crippen LogP contribution in [0.2, 0.25) is 0 Å². The van der Waals surface area contributed by atoms with Crippen molar-refractivity contribution < 1.29 is 19.1 Å². The van der Waals surface area contributed by atoms with Crippen molar-refractivity contribution in [1.82, 2.24) is 10.6 Å². The average Bonchev–Trinajstić information content (AvgIpc) is 2.58. The fraction of sp³-hybridized carbons (Fsp3) is 0.0556. The van der Waals surface area contributed by atoms with Crippen LogP contribution in [-0.2, 0) is 16.2 Å². The molecule has 0 radical (unpaired) electrons. The monoisotopic (exact) mass is 478 g/mol. The van der Waals surface area contributed by atoms with Crippen molar-refractivity contribution in [3.8, 4) is 5.75 Å². The second-order valence-corrected chi connectivity index (χ2v) is 7.16. The van der Waals surface area contributed by atoms with Crippen LogP contribution >= 0.6 is 31.9 Å². The molecule has 1 heterocycles. The number of rotatable bonds is 4. The first-order valence-electron chi connectivity index (χ1n) is 7.47. The van der Waals surface area contributed by atoms with Crippen LogP contribution in [0.3, 0.4) is 0 Å². The highest BCUT2D eigenvalue weighted by Crippen LogP contribution is 2.24. The zero-order valence-electron chi connectivity index (χ0n) is 13.2. The summed E-state index contributed by atoms with van der Waals surface area (Å²) in [4.78, 5) is 34.5. The molecule has 0 unspecified atom stereocenters. The topological polar surface area (TPSA) is 84.5 Å². The van der Waals surface area contributed by atoms with Gasteiger partial charge in [0.2, 0.25) is 0 Å². The summed E-state index contributed by atoms with van der Waals surface area (Å²) in [6.45, 7) is 0.390. The van der Waals surface area contributed by atoms with Gasteiger partial charge in [-0.05, 0) is 35.9 Å². The van der Waals surface area contributed by atoms with Crippen molar-refractivity contribution in [1.29, 1.82) is 0 Å². The zero-order chi connectivity index (χ0) is 18.7. The van der Waals surface area contributed by atoms with Crippen LogP contribution in [0.1, 0.15) is 11.1 Å². The van der Waals surface area contributed by atoms with Gasteiger partial charge >= 0.3 is 6.03 Å². The van der Waals surface area contributed by atoms with Gasteiger partial charge in [-0.2, -0.15) is 0 Å². The van der Waals surface area contributed by atoms with Gasteiger partial charge in [0.1, 0.15) is 17.9 Å². The predicted octanol–water partition coefficient (Wildman–Crippen LogP) is 3.54. The van der Waals surface area contributed by atoms with Crippen LogP contribution in [0.15, 0.2) is 57.0 Å². The van der Waals surface area contributed by atoms with E-state index in [0.717, 1.165) is 14.5 Å². The quantitative estimate of drug-likeness (QED) is 0.518. The first-order chi connectivity index (χ1) is 12.4. The average molecular weight is 480 g/mol. The first-order valence-corrected chi connectivity index (χ1v) is 9.06. The fourth-order valence-corrected chi connectivity index (χ4v) is 3.39. The van der Waals surface area contributed by atoms with E-state index in [0.29, 0.717) is 17.9 Å². The highest BCUT2D eigenvalue weighted by atomic mass is 79.9. The molecule has 132 valence electrons. The highest BCUT2D eigenvalue weighted by molar-refractivity contribution is 9.11. The van der Waals surface area contributed by atoms with Crippen molar-refractivity contribution >= 4 is 55.8 Å². The van der Waals surface area contributed by atoms with Crippen LogP contribution < -0.4 is 15.4 Å². The Balaban J connectivity index is 1.68. The zero-order valence-corrected chi connectivity index (χ0v) is 16.4. The lowest BCUT2D eigenvalue weighted by molar-refractivity contribution is -0.123. The standard InChI is InChI=1S/C18H12Br2N2O4/c19-12-4-3-11(15(20)8-12)9-26-13-5-1-10(2-6-13)7-14-16(23)21-18(25)22-17(14)24/h1-8H,9H2,(H2,21,22,23,24,25). The van der Waals surface area contributed by atoms with Gasteiger partial charge in [0.25, 0.3) is 11.8 Å². The summed E-state index contributed by atoms with van der Waals surface area (Å²) in [6, 6.07) is 11.9. The molecule has 1 saturated heterocycles. The normalized spacial score (nSPS) is 13.9. The molecule has 1 fully saturated rings. The number of hydrogen-bond donors (Lipinski definition) is 2. The van der Waals surface area contributed by atoms with Crippen molar-refractivity contribution in [2.45, 2.75) is 6.61 Å². The molecule has 4 amide bonds. The number of nitrogens with one attached hydrogen (secondary N) is 2. The number of carbonyl (C=O) groups is 3. The van der Waals surface area contributed by atoms with Gasteiger partial charge in [-0.15, -0.1) is 0 Å². The molecule has 0 bridgehead atoms. The van der Waals surface area contributed by atoms with Gasteiger partial charge in [0, 0.05) is 14.5 Å². The highest BCUT2D eigenvalue weighted by Gasteiger charge is 2.27. The third-order valence-electron chi connectivity index (χ3n) is 3.54. The van der Waals surface area contributed by atoms with Crippen LogP contribution in [0.5, 0.6) is 5.75 Å². The Hall–Kier alpha value is -2.45. The summed E-state index contributed by atoms with van der Waals surface area (Å²) >= 11 is 6.89. The van der Waals surface area contributed by atoms with Gasteiger partial charge < -0.3 is 4.74 Å². The largest absolute Gasteiger partial charge is 0.489 e. The Labute approximate surface area is 165 Å². The Morgan fingerprint density at radius 3 is 2.19 bits per heavy atom. The number of benzene rings is 2. The summed E-state index contributed by atoms with van der Waals surface area (Å²) < 4.78 is 7.66. The minimum Gasteiger partial charge on any atom is -0.489 e. The number of imide groups is 2. The Morgan fingerprint density at radius 1 is 0.923 bits per heavy atom. The number of ether oxygens (including phenoxy) is 1. The van der Waals surface area contributed by atoms with E-state index in [1.165, 1.54) is 6.08 Å². The predicted molar refractivity (Wildman–Crippen MR) is 102 cm³/mol. The third-order valence-corrected chi connectivity index (χ3v) is 4.78. The Bertz CT molecular complexity index is 901. The van der Waals surface area contributed by atoms with Gasteiger partial charge in [-0.25, -0.2) is 4.79 Å². The summed E-state index contributed by atoms with van der Waals surface area (Å²) in [5.74, 6) is -0.798. The summed E-state index contributed by atoms with van der Waals surface area (Å²) in [7, 11) is 0. The van der Waals surface area contributed by atoms with E-state index in [9.17, 15) is 14.4 Å².